The number of unbranched alkanes of at least 4 members (excludes halogenated alkanes) is 1. The van der Waals surface area contributed by atoms with Crippen molar-refractivity contribution in [3.63, 3.8) is 0 Å². The number of ether oxygens (including phenoxy) is 1. The molecule has 1 unspecified atom stereocenters. The number of amides is 2. The third-order valence-corrected chi connectivity index (χ3v) is 4.75. The maximum atomic E-state index is 12.6. The molecule has 0 bridgehead atoms. The molecular formula is C16H28N2O3. The van der Waals surface area contributed by atoms with E-state index in [0.717, 1.165) is 45.1 Å². The van der Waals surface area contributed by atoms with Crippen LogP contribution in [0.3, 0.4) is 0 Å². The number of rotatable bonds is 7. The van der Waals surface area contributed by atoms with E-state index in [2.05, 4.69) is 12.2 Å². The van der Waals surface area contributed by atoms with Gasteiger partial charge in [-0.1, -0.05) is 33.1 Å². The Morgan fingerprint density at radius 2 is 1.95 bits per heavy atom. The fraction of sp³-hybridized carbons (Fsp3) is 0.875. The number of nitrogens with one attached hydrogen (secondary N) is 1. The summed E-state index contributed by atoms with van der Waals surface area (Å²) >= 11 is 0. The Morgan fingerprint density at radius 1 is 1.24 bits per heavy atom. The normalized spacial score (nSPS) is 24.7. The van der Waals surface area contributed by atoms with Gasteiger partial charge in [0.2, 0.25) is 11.8 Å². The molecule has 2 rings (SSSR count). The zero-order chi connectivity index (χ0) is 15.3. The molecule has 0 aromatic rings. The Bertz CT molecular complexity index is 378. The van der Waals surface area contributed by atoms with E-state index in [0.29, 0.717) is 19.6 Å². The number of nitrogens with zero attached hydrogens (tertiary/aromatic N) is 1. The lowest BCUT2D eigenvalue weighted by molar-refractivity contribution is -0.158. The van der Waals surface area contributed by atoms with Gasteiger partial charge in [0.1, 0.15) is 11.6 Å². The summed E-state index contributed by atoms with van der Waals surface area (Å²) in [5, 5.41) is 2.92. The molecule has 1 spiro atoms. The van der Waals surface area contributed by atoms with Crippen molar-refractivity contribution in [2.75, 3.05) is 19.8 Å². The van der Waals surface area contributed by atoms with Crippen LogP contribution in [0, 0.1) is 0 Å². The highest BCUT2D eigenvalue weighted by molar-refractivity contribution is 6.00. The van der Waals surface area contributed by atoms with Gasteiger partial charge in [0.15, 0.2) is 0 Å². The van der Waals surface area contributed by atoms with E-state index in [-0.39, 0.29) is 17.9 Å². The summed E-state index contributed by atoms with van der Waals surface area (Å²) in [6, 6.07) is -0.362. The molecule has 5 heteroatoms. The minimum absolute atomic E-state index is 0.0417. The van der Waals surface area contributed by atoms with Gasteiger partial charge in [0.25, 0.3) is 0 Å². The number of hydrogen-bond acceptors (Lipinski definition) is 3. The Balaban J connectivity index is 2.03. The van der Waals surface area contributed by atoms with Crippen LogP contribution in [0.2, 0.25) is 0 Å². The monoisotopic (exact) mass is 296 g/mol. The first-order valence-electron chi connectivity index (χ1n) is 8.36. The van der Waals surface area contributed by atoms with Crippen molar-refractivity contribution in [1.29, 1.82) is 0 Å². The Kier molecular flexibility index (Phi) is 5.62. The lowest BCUT2D eigenvalue weighted by Crippen LogP contribution is -2.70. The van der Waals surface area contributed by atoms with Gasteiger partial charge < -0.3 is 15.0 Å². The molecule has 5 nitrogen and oxygen atoms in total. The number of carbonyl (C=O) groups excluding carboxylic acids is 2. The van der Waals surface area contributed by atoms with Crippen molar-refractivity contribution in [2.24, 2.45) is 0 Å². The standard InChI is InChI=1S/C16H28N2O3/c1-3-5-11-21-12-10-18-14(19)13(4-2)17-15(20)16(18)8-6-7-9-16/h13H,3-12H2,1-2H3,(H,17,20). The molecule has 120 valence electrons. The van der Waals surface area contributed by atoms with Crippen molar-refractivity contribution in [2.45, 2.75) is 70.4 Å². The summed E-state index contributed by atoms with van der Waals surface area (Å²) in [6.45, 7) is 5.85. The van der Waals surface area contributed by atoms with E-state index in [4.69, 9.17) is 4.74 Å². The van der Waals surface area contributed by atoms with Crippen molar-refractivity contribution in [3.8, 4) is 0 Å². The van der Waals surface area contributed by atoms with Gasteiger partial charge in [-0.15, -0.1) is 0 Å². The number of carbonyl (C=O) groups is 2. The van der Waals surface area contributed by atoms with Gasteiger partial charge in [0.05, 0.1) is 6.61 Å². The SMILES string of the molecule is CCCCOCCN1C(=O)C(CC)NC(=O)C12CCCC2. The van der Waals surface area contributed by atoms with Crippen molar-refractivity contribution >= 4 is 11.8 Å². The van der Waals surface area contributed by atoms with E-state index in [1.54, 1.807) is 0 Å². The zero-order valence-corrected chi connectivity index (χ0v) is 13.3. The lowest BCUT2D eigenvalue weighted by Gasteiger charge is -2.46. The molecular weight excluding hydrogens is 268 g/mol. The molecule has 0 aromatic heterocycles. The maximum Gasteiger partial charge on any atom is 0.246 e. The molecule has 1 saturated heterocycles. The lowest BCUT2D eigenvalue weighted by atomic mass is 9.89. The van der Waals surface area contributed by atoms with Crippen molar-refractivity contribution in [3.05, 3.63) is 0 Å². The van der Waals surface area contributed by atoms with Gasteiger partial charge in [0, 0.05) is 13.2 Å². The average Bonchev–Trinajstić information content (AvgIpc) is 2.96. The van der Waals surface area contributed by atoms with Crippen molar-refractivity contribution < 1.29 is 14.3 Å². The second-order valence-corrected chi connectivity index (χ2v) is 6.13. The van der Waals surface area contributed by atoms with Crippen LogP contribution in [0.15, 0.2) is 0 Å². The van der Waals surface area contributed by atoms with Crippen LogP contribution in [-0.2, 0) is 14.3 Å². The van der Waals surface area contributed by atoms with Gasteiger partial charge >= 0.3 is 0 Å². The Morgan fingerprint density at radius 3 is 2.57 bits per heavy atom. The summed E-state index contributed by atoms with van der Waals surface area (Å²) in [5.41, 5.74) is -0.600. The van der Waals surface area contributed by atoms with Gasteiger partial charge in [-0.05, 0) is 25.7 Å². The first-order chi connectivity index (χ1) is 10.2. The molecule has 21 heavy (non-hydrogen) atoms. The summed E-state index contributed by atoms with van der Waals surface area (Å²) in [7, 11) is 0. The van der Waals surface area contributed by atoms with Gasteiger partial charge in [-0.25, -0.2) is 0 Å². The summed E-state index contributed by atoms with van der Waals surface area (Å²) in [4.78, 5) is 27.0. The molecule has 2 aliphatic rings. The van der Waals surface area contributed by atoms with Crippen LogP contribution in [0.5, 0.6) is 0 Å². The minimum atomic E-state index is -0.600. The van der Waals surface area contributed by atoms with Crippen molar-refractivity contribution in [1.82, 2.24) is 10.2 Å². The van der Waals surface area contributed by atoms with Crippen LogP contribution in [0.1, 0.15) is 58.8 Å². The van der Waals surface area contributed by atoms with Gasteiger partial charge in [-0.2, -0.15) is 0 Å². The molecule has 2 amide bonds. The largest absolute Gasteiger partial charge is 0.380 e. The Labute approximate surface area is 127 Å². The maximum absolute atomic E-state index is 12.6. The third-order valence-electron chi connectivity index (χ3n) is 4.75. The predicted octanol–water partition coefficient (Wildman–Crippen LogP) is 1.85. The number of piperazine rings is 1. The molecule has 1 heterocycles. The molecule has 1 aliphatic heterocycles. The molecule has 0 radical (unpaired) electrons. The fourth-order valence-electron chi connectivity index (χ4n) is 3.44. The summed E-state index contributed by atoms with van der Waals surface area (Å²) < 4.78 is 5.61. The van der Waals surface area contributed by atoms with Crippen LogP contribution in [0.25, 0.3) is 0 Å². The van der Waals surface area contributed by atoms with Gasteiger partial charge in [-0.3, -0.25) is 9.59 Å². The zero-order valence-electron chi connectivity index (χ0n) is 13.3. The number of hydrogen-bond donors (Lipinski definition) is 1. The van der Waals surface area contributed by atoms with Crippen LogP contribution < -0.4 is 5.32 Å². The molecule has 1 saturated carbocycles. The van der Waals surface area contributed by atoms with Crippen LogP contribution in [0.4, 0.5) is 0 Å². The van der Waals surface area contributed by atoms with E-state index >= 15 is 0 Å². The first kappa shape index (κ1) is 16.3. The molecule has 1 N–H and O–H groups in total. The quantitative estimate of drug-likeness (QED) is 0.729. The predicted molar refractivity (Wildman–Crippen MR) is 80.9 cm³/mol. The first-order valence-corrected chi connectivity index (χ1v) is 8.36. The highest BCUT2D eigenvalue weighted by atomic mass is 16.5. The smallest absolute Gasteiger partial charge is 0.246 e. The summed E-state index contributed by atoms with van der Waals surface area (Å²) in [5.74, 6) is 0.109. The van der Waals surface area contributed by atoms with Crippen LogP contribution >= 0.6 is 0 Å². The third kappa shape index (κ3) is 3.23. The van der Waals surface area contributed by atoms with E-state index in [1.807, 2.05) is 11.8 Å². The summed E-state index contributed by atoms with van der Waals surface area (Å²) in [6.07, 6.45) is 6.40. The van der Waals surface area contributed by atoms with E-state index in [9.17, 15) is 9.59 Å². The minimum Gasteiger partial charge on any atom is -0.380 e. The van der Waals surface area contributed by atoms with E-state index < -0.39 is 5.54 Å². The fourth-order valence-corrected chi connectivity index (χ4v) is 3.44. The molecule has 0 aromatic carbocycles. The topological polar surface area (TPSA) is 58.6 Å². The molecule has 1 atom stereocenters. The average molecular weight is 296 g/mol. The second-order valence-electron chi connectivity index (χ2n) is 6.13. The Hall–Kier alpha value is -1.10. The van der Waals surface area contributed by atoms with E-state index in [1.165, 1.54) is 0 Å². The highest BCUT2D eigenvalue weighted by Gasteiger charge is 2.53. The molecule has 2 fully saturated rings. The highest BCUT2D eigenvalue weighted by Crippen LogP contribution is 2.38. The van der Waals surface area contributed by atoms with Crippen LogP contribution in [-0.4, -0.2) is 48.1 Å². The second kappa shape index (κ2) is 7.25. The molecule has 1 aliphatic carbocycles.